The molecule has 0 bridgehead atoms. The molecule has 0 aromatic carbocycles. The Labute approximate surface area is 107 Å². The van der Waals surface area contributed by atoms with Crippen LogP contribution in [0.3, 0.4) is 0 Å². The molecular weight excluding hydrogens is 228 g/mol. The summed E-state index contributed by atoms with van der Waals surface area (Å²) in [4.78, 5) is 5.46. The molecule has 0 saturated heterocycles. The SMILES string of the molecule is CCCC(NCc1ccncc1)c1cccs1. The lowest BCUT2D eigenvalue weighted by Gasteiger charge is -2.16. The van der Waals surface area contributed by atoms with E-state index < -0.39 is 0 Å². The molecule has 17 heavy (non-hydrogen) atoms. The van der Waals surface area contributed by atoms with Gasteiger partial charge in [0.25, 0.3) is 0 Å². The van der Waals surface area contributed by atoms with Crippen molar-refractivity contribution in [3.63, 3.8) is 0 Å². The number of hydrogen-bond donors (Lipinski definition) is 1. The maximum atomic E-state index is 4.03. The topological polar surface area (TPSA) is 24.9 Å². The van der Waals surface area contributed by atoms with Gasteiger partial charge in [-0.2, -0.15) is 0 Å². The second kappa shape index (κ2) is 6.52. The van der Waals surface area contributed by atoms with Crippen LogP contribution in [0.5, 0.6) is 0 Å². The number of rotatable bonds is 6. The summed E-state index contributed by atoms with van der Waals surface area (Å²) in [6, 6.07) is 8.93. The summed E-state index contributed by atoms with van der Waals surface area (Å²) in [5.41, 5.74) is 1.29. The highest BCUT2D eigenvalue weighted by Gasteiger charge is 2.10. The van der Waals surface area contributed by atoms with Crippen molar-refractivity contribution in [2.45, 2.75) is 32.4 Å². The van der Waals surface area contributed by atoms with E-state index in [0.29, 0.717) is 6.04 Å². The van der Waals surface area contributed by atoms with Crippen molar-refractivity contribution in [3.8, 4) is 0 Å². The van der Waals surface area contributed by atoms with Gasteiger partial charge in [0.05, 0.1) is 0 Å². The first-order valence-electron chi connectivity index (χ1n) is 6.06. The smallest absolute Gasteiger partial charge is 0.0417 e. The molecule has 2 rings (SSSR count). The molecule has 3 heteroatoms. The van der Waals surface area contributed by atoms with Crippen molar-refractivity contribution in [1.29, 1.82) is 0 Å². The normalized spacial score (nSPS) is 12.5. The van der Waals surface area contributed by atoms with Gasteiger partial charge in [-0.1, -0.05) is 19.4 Å². The van der Waals surface area contributed by atoms with E-state index in [0.717, 1.165) is 6.54 Å². The maximum Gasteiger partial charge on any atom is 0.0417 e. The predicted octanol–water partition coefficient (Wildman–Crippen LogP) is 3.77. The van der Waals surface area contributed by atoms with Gasteiger partial charge < -0.3 is 5.32 Å². The van der Waals surface area contributed by atoms with E-state index in [1.54, 1.807) is 0 Å². The highest BCUT2D eigenvalue weighted by Crippen LogP contribution is 2.23. The van der Waals surface area contributed by atoms with Crippen molar-refractivity contribution in [2.24, 2.45) is 0 Å². The average Bonchev–Trinajstić information content (AvgIpc) is 2.89. The fourth-order valence-corrected chi connectivity index (χ4v) is 2.70. The number of hydrogen-bond acceptors (Lipinski definition) is 3. The number of nitrogens with one attached hydrogen (secondary N) is 1. The van der Waals surface area contributed by atoms with Crippen LogP contribution in [0.2, 0.25) is 0 Å². The fraction of sp³-hybridized carbons (Fsp3) is 0.357. The van der Waals surface area contributed by atoms with Crippen LogP contribution in [0.4, 0.5) is 0 Å². The van der Waals surface area contributed by atoms with Gasteiger partial charge in [-0.05, 0) is 35.6 Å². The van der Waals surface area contributed by atoms with Crippen LogP contribution in [-0.2, 0) is 6.54 Å². The third kappa shape index (κ3) is 3.65. The number of thiophene rings is 1. The molecule has 1 N–H and O–H groups in total. The molecule has 0 aliphatic rings. The molecule has 90 valence electrons. The van der Waals surface area contributed by atoms with Gasteiger partial charge in [0, 0.05) is 29.9 Å². The van der Waals surface area contributed by atoms with E-state index in [2.05, 4.69) is 46.9 Å². The molecule has 0 saturated carbocycles. The molecule has 0 spiro atoms. The van der Waals surface area contributed by atoms with Gasteiger partial charge in [-0.25, -0.2) is 0 Å². The predicted molar refractivity (Wildman–Crippen MR) is 73.0 cm³/mol. The van der Waals surface area contributed by atoms with Crippen LogP contribution in [0, 0.1) is 0 Å². The third-order valence-electron chi connectivity index (χ3n) is 2.77. The van der Waals surface area contributed by atoms with Crippen molar-refractivity contribution in [2.75, 3.05) is 0 Å². The first-order chi connectivity index (χ1) is 8.40. The zero-order valence-electron chi connectivity index (χ0n) is 10.1. The van der Waals surface area contributed by atoms with Crippen LogP contribution < -0.4 is 5.32 Å². The highest BCUT2D eigenvalue weighted by molar-refractivity contribution is 7.10. The van der Waals surface area contributed by atoms with Crippen molar-refractivity contribution >= 4 is 11.3 Å². The van der Waals surface area contributed by atoms with Gasteiger partial charge >= 0.3 is 0 Å². The van der Waals surface area contributed by atoms with Gasteiger partial charge in [0.1, 0.15) is 0 Å². The molecule has 0 radical (unpaired) electrons. The Morgan fingerprint density at radius 3 is 2.76 bits per heavy atom. The Balaban J connectivity index is 1.95. The molecule has 1 unspecified atom stereocenters. The van der Waals surface area contributed by atoms with E-state index in [1.807, 2.05) is 23.7 Å². The molecule has 2 heterocycles. The Morgan fingerprint density at radius 1 is 1.29 bits per heavy atom. The largest absolute Gasteiger partial charge is 0.305 e. The summed E-state index contributed by atoms with van der Waals surface area (Å²) in [5, 5.41) is 5.77. The van der Waals surface area contributed by atoms with Gasteiger partial charge in [-0.15, -0.1) is 11.3 Å². The van der Waals surface area contributed by atoms with E-state index >= 15 is 0 Å². The van der Waals surface area contributed by atoms with Crippen LogP contribution in [0.25, 0.3) is 0 Å². The van der Waals surface area contributed by atoms with E-state index in [1.165, 1.54) is 23.3 Å². The summed E-state index contributed by atoms with van der Waals surface area (Å²) in [7, 11) is 0. The number of pyridine rings is 1. The van der Waals surface area contributed by atoms with Crippen molar-refractivity contribution in [3.05, 3.63) is 52.5 Å². The zero-order valence-corrected chi connectivity index (χ0v) is 10.9. The maximum absolute atomic E-state index is 4.03. The van der Waals surface area contributed by atoms with Crippen molar-refractivity contribution in [1.82, 2.24) is 10.3 Å². The van der Waals surface area contributed by atoms with Crippen LogP contribution >= 0.6 is 11.3 Å². The van der Waals surface area contributed by atoms with Crippen molar-refractivity contribution < 1.29 is 0 Å². The van der Waals surface area contributed by atoms with Crippen LogP contribution in [0.15, 0.2) is 42.0 Å². The fourth-order valence-electron chi connectivity index (χ4n) is 1.86. The Kier molecular flexibility index (Phi) is 4.71. The van der Waals surface area contributed by atoms with Crippen LogP contribution in [0.1, 0.15) is 36.2 Å². The molecule has 2 aromatic heterocycles. The minimum absolute atomic E-state index is 0.480. The summed E-state index contributed by atoms with van der Waals surface area (Å²) in [6.45, 7) is 3.14. The molecule has 0 fully saturated rings. The van der Waals surface area contributed by atoms with E-state index in [9.17, 15) is 0 Å². The quantitative estimate of drug-likeness (QED) is 0.839. The van der Waals surface area contributed by atoms with E-state index in [4.69, 9.17) is 0 Å². The van der Waals surface area contributed by atoms with Gasteiger partial charge in [0.2, 0.25) is 0 Å². The molecule has 0 aliphatic carbocycles. The molecule has 1 atom stereocenters. The Hall–Kier alpha value is -1.19. The summed E-state index contributed by atoms with van der Waals surface area (Å²) >= 11 is 1.83. The lowest BCUT2D eigenvalue weighted by molar-refractivity contribution is 0.500. The molecular formula is C14H18N2S. The second-order valence-corrected chi connectivity index (χ2v) is 5.07. The lowest BCUT2D eigenvalue weighted by Crippen LogP contribution is -2.19. The standard InChI is InChI=1S/C14H18N2S/c1-2-4-13(14-5-3-10-17-14)16-11-12-6-8-15-9-7-12/h3,5-10,13,16H,2,4,11H2,1H3. The Bertz CT molecular complexity index is 411. The molecule has 2 nitrogen and oxygen atoms in total. The molecule has 0 amide bonds. The minimum Gasteiger partial charge on any atom is -0.305 e. The number of aromatic nitrogens is 1. The lowest BCUT2D eigenvalue weighted by atomic mass is 10.1. The van der Waals surface area contributed by atoms with E-state index in [-0.39, 0.29) is 0 Å². The summed E-state index contributed by atoms with van der Waals surface area (Å²) in [5.74, 6) is 0. The molecule has 0 aliphatic heterocycles. The van der Waals surface area contributed by atoms with Crippen LogP contribution in [-0.4, -0.2) is 4.98 Å². The first-order valence-corrected chi connectivity index (χ1v) is 6.94. The first kappa shape index (κ1) is 12.3. The second-order valence-electron chi connectivity index (χ2n) is 4.09. The number of nitrogens with zero attached hydrogens (tertiary/aromatic N) is 1. The molecule has 2 aromatic rings. The summed E-state index contributed by atoms with van der Waals surface area (Å²) in [6.07, 6.45) is 6.07. The Morgan fingerprint density at radius 2 is 2.12 bits per heavy atom. The minimum atomic E-state index is 0.480. The zero-order chi connectivity index (χ0) is 11.9. The highest BCUT2D eigenvalue weighted by atomic mass is 32.1. The third-order valence-corrected chi connectivity index (χ3v) is 3.75. The monoisotopic (exact) mass is 246 g/mol. The van der Waals surface area contributed by atoms with Gasteiger partial charge in [0.15, 0.2) is 0 Å². The van der Waals surface area contributed by atoms with Gasteiger partial charge in [-0.3, -0.25) is 4.98 Å². The average molecular weight is 246 g/mol. The summed E-state index contributed by atoms with van der Waals surface area (Å²) < 4.78 is 0.